The second-order valence-electron chi connectivity index (χ2n) is 3.69. The third kappa shape index (κ3) is 2.19. The van der Waals surface area contributed by atoms with Crippen molar-refractivity contribution in [2.45, 2.75) is 19.4 Å². The molecule has 1 aromatic rings. The molecule has 0 unspecified atom stereocenters. The first kappa shape index (κ1) is 10.6. The van der Waals surface area contributed by atoms with E-state index in [0.29, 0.717) is 6.04 Å². The van der Waals surface area contributed by atoms with Crippen LogP contribution in [0.1, 0.15) is 12.5 Å². The van der Waals surface area contributed by atoms with Gasteiger partial charge >= 0.3 is 0 Å². The van der Waals surface area contributed by atoms with Crippen LogP contribution in [0.4, 0.5) is 0 Å². The summed E-state index contributed by atoms with van der Waals surface area (Å²) in [4.78, 5) is 0. The summed E-state index contributed by atoms with van der Waals surface area (Å²) in [6, 6.07) is 4.17. The van der Waals surface area contributed by atoms with Gasteiger partial charge in [0.2, 0.25) is 6.79 Å². The van der Waals surface area contributed by atoms with Crippen LogP contribution in [0, 0.1) is 0 Å². The van der Waals surface area contributed by atoms with E-state index in [0.717, 1.165) is 28.5 Å². The molecule has 2 rings (SSSR count). The summed E-state index contributed by atoms with van der Waals surface area (Å²) >= 11 is 6.15. The fourth-order valence-corrected chi connectivity index (χ4v) is 1.78. The highest BCUT2D eigenvalue weighted by Gasteiger charge is 2.17. The average molecular weight is 228 g/mol. The molecular weight excluding hydrogens is 214 g/mol. The molecule has 0 aromatic heterocycles. The molecule has 1 N–H and O–H groups in total. The predicted octanol–water partition coefficient (Wildman–Crippen LogP) is 2.22. The predicted molar refractivity (Wildman–Crippen MR) is 59.8 cm³/mol. The van der Waals surface area contributed by atoms with Crippen molar-refractivity contribution in [1.29, 1.82) is 0 Å². The van der Waals surface area contributed by atoms with Crippen LogP contribution in [0.5, 0.6) is 11.5 Å². The van der Waals surface area contributed by atoms with Gasteiger partial charge in [-0.1, -0.05) is 11.6 Å². The lowest BCUT2D eigenvalue weighted by Gasteiger charge is -2.11. The monoisotopic (exact) mass is 227 g/mol. The number of nitrogens with one attached hydrogen (secondary N) is 1. The van der Waals surface area contributed by atoms with Crippen molar-refractivity contribution in [2.75, 3.05) is 13.8 Å². The van der Waals surface area contributed by atoms with Gasteiger partial charge in [-0.15, -0.1) is 0 Å². The first-order valence-corrected chi connectivity index (χ1v) is 5.34. The second kappa shape index (κ2) is 4.29. The molecule has 0 radical (unpaired) electrons. The Labute approximate surface area is 94.3 Å². The van der Waals surface area contributed by atoms with Crippen LogP contribution in [0.25, 0.3) is 0 Å². The summed E-state index contributed by atoms with van der Waals surface area (Å²) in [7, 11) is 1.94. The molecule has 1 aliphatic rings. The molecule has 1 heterocycles. The Bertz CT molecular complexity index is 368. The molecule has 3 nitrogen and oxygen atoms in total. The minimum absolute atomic E-state index is 0.288. The van der Waals surface area contributed by atoms with E-state index in [-0.39, 0.29) is 6.79 Å². The van der Waals surface area contributed by atoms with Gasteiger partial charge in [0, 0.05) is 17.1 Å². The lowest BCUT2D eigenvalue weighted by atomic mass is 10.1. The molecule has 82 valence electrons. The molecule has 1 atom stereocenters. The van der Waals surface area contributed by atoms with Crippen LogP contribution in [0.2, 0.25) is 5.02 Å². The normalized spacial score (nSPS) is 15.4. The Balaban J connectivity index is 2.24. The number of fused-ring (bicyclic) bond motifs is 1. The second-order valence-corrected chi connectivity index (χ2v) is 4.10. The number of ether oxygens (including phenoxy) is 2. The van der Waals surface area contributed by atoms with E-state index in [1.54, 1.807) is 0 Å². The van der Waals surface area contributed by atoms with E-state index in [2.05, 4.69) is 12.2 Å². The Morgan fingerprint density at radius 2 is 2.07 bits per heavy atom. The van der Waals surface area contributed by atoms with Gasteiger partial charge in [-0.05, 0) is 32.0 Å². The summed E-state index contributed by atoms with van der Waals surface area (Å²) in [6.45, 7) is 2.40. The topological polar surface area (TPSA) is 30.5 Å². The third-order valence-electron chi connectivity index (χ3n) is 2.56. The van der Waals surface area contributed by atoms with Gasteiger partial charge in [-0.2, -0.15) is 0 Å². The number of halogens is 1. The van der Waals surface area contributed by atoms with Crippen LogP contribution < -0.4 is 14.8 Å². The first-order valence-electron chi connectivity index (χ1n) is 4.96. The maximum atomic E-state index is 6.15. The van der Waals surface area contributed by atoms with E-state index >= 15 is 0 Å². The number of rotatable bonds is 3. The summed E-state index contributed by atoms with van der Waals surface area (Å²) < 4.78 is 10.6. The zero-order valence-corrected chi connectivity index (χ0v) is 9.60. The number of likely N-dealkylation sites (N-methyl/N-ethyl adjacent to an activating group) is 1. The maximum absolute atomic E-state index is 6.15. The number of benzene rings is 1. The van der Waals surface area contributed by atoms with E-state index < -0.39 is 0 Å². The third-order valence-corrected chi connectivity index (χ3v) is 2.91. The molecule has 0 aliphatic carbocycles. The molecule has 0 fully saturated rings. The molecule has 1 aliphatic heterocycles. The van der Waals surface area contributed by atoms with Gasteiger partial charge in [0.25, 0.3) is 0 Å². The Kier molecular flexibility index (Phi) is 3.03. The number of hydrogen-bond donors (Lipinski definition) is 1. The Morgan fingerprint density at radius 3 is 2.73 bits per heavy atom. The van der Waals surface area contributed by atoms with Gasteiger partial charge in [-0.25, -0.2) is 0 Å². The van der Waals surface area contributed by atoms with Crippen LogP contribution in [0.15, 0.2) is 12.1 Å². The van der Waals surface area contributed by atoms with Crippen molar-refractivity contribution in [3.63, 3.8) is 0 Å². The van der Waals surface area contributed by atoms with E-state index in [9.17, 15) is 0 Å². The molecule has 15 heavy (non-hydrogen) atoms. The summed E-state index contributed by atoms with van der Waals surface area (Å²) in [5.74, 6) is 1.53. The highest BCUT2D eigenvalue weighted by Crippen LogP contribution is 2.37. The summed E-state index contributed by atoms with van der Waals surface area (Å²) in [6.07, 6.45) is 0.881. The average Bonchev–Trinajstić information content (AvgIpc) is 2.65. The van der Waals surface area contributed by atoms with E-state index in [1.165, 1.54) is 0 Å². The molecule has 4 heteroatoms. The molecule has 1 aromatic carbocycles. The van der Waals surface area contributed by atoms with E-state index in [4.69, 9.17) is 21.1 Å². The quantitative estimate of drug-likeness (QED) is 0.859. The molecule has 0 bridgehead atoms. The fraction of sp³-hybridized carbons (Fsp3) is 0.455. The van der Waals surface area contributed by atoms with Crippen LogP contribution >= 0.6 is 11.6 Å². The standard InChI is InChI=1S/C11H14ClNO2/c1-7(13-2)3-8-4-10-11(5-9(8)12)15-6-14-10/h4-5,7,13H,3,6H2,1-2H3/t7-/m0/s1. The van der Waals surface area contributed by atoms with Gasteiger partial charge in [-0.3, -0.25) is 0 Å². The fourth-order valence-electron chi connectivity index (χ4n) is 1.55. The summed E-state index contributed by atoms with van der Waals surface area (Å²) in [5.41, 5.74) is 1.09. The lowest BCUT2D eigenvalue weighted by Crippen LogP contribution is -2.23. The largest absolute Gasteiger partial charge is 0.454 e. The van der Waals surface area contributed by atoms with Crippen molar-refractivity contribution >= 4 is 11.6 Å². The van der Waals surface area contributed by atoms with E-state index in [1.807, 2.05) is 19.2 Å². The lowest BCUT2D eigenvalue weighted by molar-refractivity contribution is 0.174. The summed E-state index contributed by atoms with van der Waals surface area (Å²) in [5, 5.41) is 3.91. The van der Waals surface area contributed by atoms with Gasteiger partial charge in [0.1, 0.15) is 0 Å². The van der Waals surface area contributed by atoms with Gasteiger partial charge in [0.05, 0.1) is 0 Å². The minimum atomic E-state index is 0.288. The van der Waals surface area contributed by atoms with Crippen molar-refractivity contribution in [3.05, 3.63) is 22.7 Å². The maximum Gasteiger partial charge on any atom is 0.231 e. The Hall–Kier alpha value is -0.930. The highest BCUT2D eigenvalue weighted by atomic mass is 35.5. The molecule has 0 spiro atoms. The van der Waals surface area contributed by atoms with Crippen LogP contribution in [0.3, 0.4) is 0 Å². The van der Waals surface area contributed by atoms with Crippen LogP contribution in [-0.2, 0) is 6.42 Å². The van der Waals surface area contributed by atoms with Crippen molar-refractivity contribution in [1.82, 2.24) is 5.32 Å². The molecule has 0 amide bonds. The molecule has 0 saturated carbocycles. The van der Waals surface area contributed by atoms with Crippen molar-refractivity contribution in [3.8, 4) is 11.5 Å². The molecular formula is C11H14ClNO2. The molecule has 0 saturated heterocycles. The SMILES string of the molecule is CN[C@@H](C)Cc1cc2c(cc1Cl)OCO2. The van der Waals surface area contributed by atoms with Gasteiger partial charge < -0.3 is 14.8 Å². The first-order chi connectivity index (χ1) is 7.20. The highest BCUT2D eigenvalue weighted by molar-refractivity contribution is 6.31. The smallest absolute Gasteiger partial charge is 0.231 e. The Morgan fingerprint density at radius 1 is 1.40 bits per heavy atom. The minimum Gasteiger partial charge on any atom is -0.454 e. The van der Waals surface area contributed by atoms with Crippen LogP contribution in [-0.4, -0.2) is 19.9 Å². The van der Waals surface area contributed by atoms with Gasteiger partial charge in [0.15, 0.2) is 11.5 Å². The zero-order chi connectivity index (χ0) is 10.8. The number of hydrogen-bond acceptors (Lipinski definition) is 3. The van der Waals surface area contributed by atoms with Crippen molar-refractivity contribution in [2.24, 2.45) is 0 Å². The zero-order valence-electron chi connectivity index (χ0n) is 8.84. The van der Waals surface area contributed by atoms with Crippen molar-refractivity contribution < 1.29 is 9.47 Å².